The van der Waals surface area contributed by atoms with Crippen molar-refractivity contribution in [1.82, 2.24) is 0 Å². The maximum absolute atomic E-state index is 9.93. The number of rotatable bonds is 3. The Kier molecular flexibility index (Phi) is 4.17. The quantitative estimate of drug-likeness (QED) is 0.486. The third kappa shape index (κ3) is 3.31. The zero-order chi connectivity index (χ0) is 9.68. The molecule has 0 amide bonds. The smallest absolute Gasteiger partial charge is 0.211 e. The highest BCUT2D eigenvalue weighted by molar-refractivity contribution is 5.32. The van der Waals surface area contributed by atoms with E-state index in [0.29, 0.717) is 12.5 Å². The lowest BCUT2D eigenvalue weighted by atomic mass is 9.77. The van der Waals surface area contributed by atoms with Gasteiger partial charge in [-0.05, 0) is 43.4 Å². The van der Waals surface area contributed by atoms with Crippen LogP contribution in [0.25, 0.3) is 0 Å². The van der Waals surface area contributed by atoms with Gasteiger partial charge in [0.2, 0.25) is 6.08 Å². The molecule has 2 nitrogen and oxygen atoms in total. The highest BCUT2D eigenvalue weighted by Crippen LogP contribution is 2.33. The van der Waals surface area contributed by atoms with Crippen LogP contribution >= 0.6 is 0 Å². The van der Waals surface area contributed by atoms with E-state index in [1.807, 2.05) is 0 Å². The first-order valence-corrected chi connectivity index (χ1v) is 5.27. The maximum atomic E-state index is 9.93. The molecule has 0 aromatic heterocycles. The fourth-order valence-corrected chi connectivity index (χ4v) is 2.20. The molecule has 13 heavy (non-hydrogen) atoms. The van der Waals surface area contributed by atoms with E-state index in [0.717, 1.165) is 11.8 Å². The fourth-order valence-electron chi connectivity index (χ4n) is 2.20. The summed E-state index contributed by atoms with van der Waals surface area (Å²) in [6.45, 7) is 5.30. The van der Waals surface area contributed by atoms with Gasteiger partial charge >= 0.3 is 0 Å². The Hall–Kier alpha value is -0.620. The van der Waals surface area contributed by atoms with Crippen molar-refractivity contribution >= 4 is 6.08 Å². The van der Waals surface area contributed by atoms with Crippen LogP contribution in [-0.2, 0) is 4.79 Å². The van der Waals surface area contributed by atoms with E-state index in [1.54, 1.807) is 6.08 Å². The lowest BCUT2D eigenvalue weighted by molar-refractivity contribution is 0.228. The molecule has 1 aliphatic carbocycles. The number of hydrogen-bond acceptors (Lipinski definition) is 2. The fraction of sp³-hybridized carbons (Fsp3) is 0.909. The largest absolute Gasteiger partial charge is 0.234 e. The van der Waals surface area contributed by atoms with Crippen molar-refractivity contribution < 1.29 is 4.79 Å². The molecule has 2 heteroatoms. The first-order chi connectivity index (χ1) is 6.24. The molecule has 0 aliphatic heterocycles. The number of aliphatic imine (C=N–C) groups is 1. The summed E-state index contributed by atoms with van der Waals surface area (Å²) >= 11 is 0. The van der Waals surface area contributed by atoms with Gasteiger partial charge in [-0.2, -0.15) is 0 Å². The normalized spacial score (nSPS) is 28.5. The molecular formula is C11H19NO. The standard InChI is InChI=1S/C11H19NO/c1-9(2)11-5-3-10(4-6-11)7-12-8-13/h9-11H,3-7H2,1-2H3. The zero-order valence-electron chi connectivity index (χ0n) is 8.62. The Labute approximate surface area is 80.4 Å². The summed E-state index contributed by atoms with van der Waals surface area (Å²) in [4.78, 5) is 13.6. The van der Waals surface area contributed by atoms with Gasteiger partial charge in [-0.25, -0.2) is 9.79 Å². The zero-order valence-corrected chi connectivity index (χ0v) is 8.62. The molecule has 0 saturated heterocycles. The molecule has 0 aromatic rings. The molecule has 1 fully saturated rings. The predicted octanol–water partition coefficient (Wildman–Crippen LogP) is 2.78. The lowest BCUT2D eigenvalue weighted by Crippen LogP contribution is -2.20. The second-order valence-corrected chi connectivity index (χ2v) is 4.46. The van der Waals surface area contributed by atoms with Crippen molar-refractivity contribution in [2.45, 2.75) is 39.5 Å². The monoisotopic (exact) mass is 181 g/mol. The van der Waals surface area contributed by atoms with Crippen molar-refractivity contribution in [3.63, 3.8) is 0 Å². The van der Waals surface area contributed by atoms with E-state index in [4.69, 9.17) is 0 Å². The summed E-state index contributed by atoms with van der Waals surface area (Å²) < 4.78 is 0. The Morgan fingerprint density at radius 2 is 1.92 bits per heavy atom. The molecule has 74 valence electrons. The van der Waals surface area contributed by atoms with Gasteiger partial charge in [-0.15, -0.1) is 0 Å². The molecule has 0 N–H and O–H groups in total. The highest BCUT2D eigenvalue weighted by atomic mass is 16.1. The Balaban J connectivity index is 2.26. The summed E-state index contributed by atoms with van der Waals surface area (Å²) in [7, 11) is 0. The van der Waals surface area contributed by atoms with Gasteiger partial charge in [0.05, 0.1) is 6.54 Å². The summed E-state index contributed by atoms with van der Waals surface area (Å²) in [6, 6.07) is 0. The Morgan fingerprint density at radius 3 is 2.38 bits per heavy atom. The average molecular weight is 181 g/mol. The molecule has 0 bridgehead atoms. The van der Waals surface area contributed by atoms with E-state index in [2.05, 4.69) is 18.8 Å². The Bertz CT molecular complexity index is 186. The van der Waals surface area contributed by atoms with E-state index in [-0.39, 0.29) is 0 Å². The number of carbonyl (C=O) groups excluding carboxylic acids is 1. The van der Waals surface area contributed by atoms with Gasteiger partial charge in [-0.1, -0.05) is 13.8 Å². The Morgan fingerprint density at radius 1 is 1.31 bits per heavy atom. The average Bonchev–Trinajstić information content (AvgIpc) is 2.15. The molecule has 1 saturated carbocycles. The van der Waals surface area contributed by atoms with Crippen LogP contribution in [0.2, 0.25) is 0 Å². The third-order valence-corrected chi connectivity index (χ3v) is 3.25. The van der Waals surface area contributed by atoms with Crippen molar-refractivity contribution in [3.05, 3.63) is 0 Å². The van der Waals surface area contributed by atoms with Crippen molar-refractivity contribution in [2.75, 3.05) is 6.54 Å². The van der Waals surface area contributed by atoms with Crippen molar-refractivity contribution in [2.24, 2.45) is 22.7 Å². The number of hydrogen-bond donors (Lipinski definition) is 0. The minimum Gasteiger partial charge on any atom is -0.211 e. The van der Waals surface area contributed by atoms with Gasteiger partial charge in [0.25, 0.3) is 0 Å². The molecule has 0 spiro atoms. The van der Waals surface area contributed by atoms with Crippen LogP contribution in [0.5, 0.6) is 0 Å². The van der Waals surface area contributed by atoms with Crippen LogP contribution in [0.3, 0.4) is 0 Å². The molecular weight excluding hydrogens is 162 g/mol. The maximum Gasteiger partial charge on any atom is 0.234 e. The summed E-state index contributed by atoms with van der Waals surface area (Å²) in [5, 5.41) is 0. The second-order valence-electron chi connectivity index (χ2n) is 4.46. The molecule has 1 rings (SSSR count). The van der Waals surface area contributed by atoms with E-state index in [9.17, 15) is 4.79 Å². The topological polar surface area (TPSA) is 29.4 Å². The van der Waals surface area contributed by atoms with Gasteiger partial charge in [0, 0.05) is 0 Å². The molecule has 0 radical (unpaired) electrons. The van der Waals surface area contributed by atoms with Crippen LogP contribution < -0.4 is 0 Å². The van der Waals surface area contributed by atoms with E-state index in [1.165, 1.54) is 25.7 Å². The number of nitrogens with zero attached hydrogens (tertiary/aromatic N) is 1. The first kappa shape index (κ1) is 10.5. The summed E-state index contributed by atoms with van der Waals surface area (Å²) in [5.41, 5.74) is 0. The first-order valence-electron chi connectivity index (χ1n) is 5.27. The second kappa shape index (κ2) is 5.18. The SMILES string of the molecule is CC(C)C1CCC(CN=C=O)CC1. The van der Waals surface area contributed by atoms with Crippen LogP contribution in [0, 0.1) is 17.8 Å². The molecule has 0 unspecified atom stereocenters. The molecule has 0 aromatic carbocycles. The summed E-state index contributed by atoms with van der Waals surface area (Å²) in [6.07, 6.45) is 6.74. The third-order valence-electron chi connectivity index (χ3n) is 3.25. The van der Waals surface area contributed by atoms with Crippen LogP contribution in [0.4, 0.5) is 0 Å². The van der Waals surface area contributed by atoms with Crippen LogP contribution in [-0.4, -0.2) is 12.6 Å². The van der Waals surface area contributed by atoms with Crippen molar-refractivity contribution in [3.8, 4) is 0 Å². The van der Waals surface area contributed by atoms with Gasteiger partial charge in [0.1, 0.15) is 0 Å². The van der Waals surface area contributed by atoms with Gasteiger partial charge in [0.15, 0.2) is 0 Å². The molecule has 0 atom stereocenters. The highest BCUT2D eigenvalue weighted by Gasteiger charge is 2.22. The van der Waals surface area contributed by atoms with Gasteiger partial charge in [-0.3, -0.25) is 0 Å². The predicted molar refractivity (Wildman–Crippen MR) is 53.3 cm³/mol. The van der Waals surface area contributed by atoms with Crippen LogP contribution in [0.15, 0.2) is 4.99 Å². The molecule has 0 heterocycles. The minimum atomic E-state index is 0.649. The van der Waals surface area contributed by atoms with Crippen LogP contribution in [0.1, 0.15) is 39.5 Å². The van der Waals surface area contributed by atoms with Gasteiger partial charge < -0.3 is 0 Å². The lowest BCUT2D eigenvalue weighted by Gasteiger charge is -2.29. The van der Waals surface area contributed by atoms with E-state index >= 15 is 0 Å². The van der Waals surface area contributed by atoms with E-state index < -0.39 is 0 Å². The van der Waals surface area contributed by atoms with Crippen molar-refractivity contribution in [1.29, 1.82) is 0 Å². The molecule has 1 aliphatic rings. The summed E-state index contributed by atoms with van der Waals surface area (Å²) in [5.74, 6) is 2.36. The number of isocyanates is 1. The minimum absolute atomic E-state index is 0.649.